The van der Waals surface area contributed by atoms with Crippen LogP contribution in [0.4, 0.5) is 0 Å². The summed E-state index contributed by atoms with van der Waals surface area (Å²) in [4.78, 5) is 23.2. The molecular formula is C13H16ClNO3. The van der Waals surface area contributed by atoms with E-state index in [1.165, 1.54) is 0 Å². The molecular weight excluding hydrogens is 254 g/mol. The number of rotatable bonds is 5. The molecule has 0 spiro atoms. The third kappa shape index (κ3) is 4.04. The summed E-state index contributed by atoms with van der Waals surface area (Å²) in [5.41, 5.74) is 1.42. The van der Waals surface area contributed by atoms with Gasteiger partial charge in [0.05, 0.1) is 6.61 Å². The maximum absolute atomic E-state index is 11.8. The standard InChI is InChI=1S/C13H16ClNO3/c1-3-18-13(17)9(2)15-12(16)11-6-4-10(8-14)5-7-11/h4-7,9H,3,8H2,1-2H3,(H,15,16). The Hall–Kier alpha value is -1.55. The van der Waals surface area contributed by atoms with E-state index in [1.807, 2.05) is 0 Å². The Kier molecular flexibility index (Phi) is 5.65. The lowest BCUT2D eigenvalue weighted by atomic mass is 10.1. The van der Waals surface area contributed by atoms with Gasteiger partial charge in [-0.3, -0.25) is 4.79 Å². The van der Waals surface area contributed by atoms with Crippen molar-refractivity contribution in [1.82, 2.24) is 5.32 Å². The number of esters is 1. The van der Waals surface area contributed by atoms with Crippen molar-refractivity contribution in [1.29, 1.82) is 0 Å². The third-order valence-corrected chi connectivity index (χ3v) is 2.67. The third-order valence-electron chi connectivity index (χ3n) is 2.36. The van der Waals surface area contributed by atoms with Crippen LogP contribution >= 0.6 is 11.6 Å². The molecule has 1 aromatic carbocycles. The van der Waals surface area contributed by atoms with Gasteiger partial charge in [0.1, 0.15) is 6.04 Å². The zero-order chi connectivity index (χ0) is 13.5. The summed E-state index contributed by atoms with van der Waals surface area (Å²) in [7, 11) is 0. The molecule has 0 aliphatic rings. The summed E-state index contributed by atoms with van der Waals surface area (Å²) < 4.78 is 4.81. The molecule has 0 fully saturated rings. The molecule has 1 amide bonds. The zero-order valence-corrected chi connectivity index (χ0v) is 11.2. The first-order valence-electron chi connectivity index (χ1n) is 5.71. The molecule has 0 saturated carbocycles. The van der Waals surface area contributed by atoms with Crippen LogP contribution in [0.2, 0.25) is 0 Å². The first-order chi connectivity index (χ1) is 8.58. The number of hydrogen-bond donors (Lipinski definition) is 1. The molecule has 0 aliphatic heterocycles. The topological polar surface area (TPSA) is 55.4 Å². The minimum atomic E-state index is -0.662. The number of halogens is 1. The minimum Gasteiger partial charge on any atom is -0.464 e. The maximum atomic E-state index is 11.8. The second kappa shape index (κ2) is 7.01. The van der Waals surface area contributed by atoms with Gasteiger partial charge in [-0.25, -0.2) is 4.79 Å². The van der Waals surface area contributed by atoms with Crippen molar-refractivity contribution in [2.45, 2.75) is 25.8 Å². The highest BCUT2D eigenvalue weighted by molar-refractivity contribution is 6.17. The second-order valence-corrected chi connectivity index (χ2v) is 4.05. The van der Waals surface area contributed by atoms with Crippen LogP contribution in [0.1, 0.15) is 29.8 Å². The van der Waals surface area contributed by atoms with E-state index in [0.717, 1.165) is 5.56 Å². The maximum Gasteiger partial charge on any atom is 0.328 e. The predicted molar refractivity (Wildman–Crippen MR) is 69.6 cm³/mol. The lowest BCUT2D eigenvalue weighted by Crippen LogP contribution is -2.39. The Morgan fingerprint density at radius 2 is 1.94 bits per heavy atom. The first kappa shape index (κ1) is 14.5. The van der Waals surface area contributed by atoms with Crippen LogP contribution in [0.25, 0.3) is 0 Å². The van der Waals surface area contributed by atoms with E-state index in [0.29, 0.717) is 18.1 Å². The Bertz CT molecular complexity index is 417. The highest BCUT2D eigenvalue weighted by atomic mass is 35.5. The number of benzene rings is 1. The number of nitrogens with one attached hydrogen (secondary N) is 1. The molecule has 0 saturated heterocycles. The van der Waals surface area contributed by atoms with Gasteiger partial charge in [-0.05, 0) is 31.5 Å². The molecule has 1 atom stereocenters. The largest absolute Gasteiger partial charge is 0.464 e. The van der Waals surface area contributed by atoms with E-state index in [1.54, 1.807) is 38.1 Å². The van der Waals surface area contributed by atoms with Crippen LogP contribution < -0.4 is 5.32 Å². The molecule has 5 heteroatoms. The van der Waals surface area contributed by atoms with Gasteiger partial charge in [0.2, 0.25) is 0 Å². The Labute approximate surface area is 111 Å². The highest BCUT2D eigenvalue weighted by Crippen LogP contribution is 2.07. The van der Waals surface area contributed by atoms with E-state index in [9.17, 15) is 9.59 Å². The van der Waals surface area contributed by atoms with Gasteiger partial charge < -0.3 is 10.1 Å². The van der Waals surface area contributed by atoms with Crippen LogP contribution in [0, 0.1) is 0 Å². The summed E-state index contributed by atoms with van der Waals surface area (Å²) in [5.74, 6) is -0.346. The van der Waals surface area contributed by atoms with Gasteiger partial charge in [-0.15, -0.1) is 11.6 Å². The van der Waals surface area contributed by atoms with Crippen LogP contribution in [-0.4, -0.2) is 24.5 Å². The van der Waals surface area contributed by atoms with Crippen LogP contribution in [0.3, 0.4) is 0 Å². The van der Waals surface area contributed by atoms with Crippen LogP contribution in [0.15, 0.2) is 24.3 Å². The number of ether oxygens (including phenoxy) is 1. The molecule has 0 radical (unpaired) electrons. The number of hydrogen-bond acceptors (Lipinski definition) is 3. The normalized spacial score (nSPS) is 11.7. The zero-order valence-electron chi connectivity index (χ0n) is 10.4. The molecule has 18 heavy (non-hydrogen) atoms. The molecule has 1 N–H and O–H groups in total. The Balaban J connectivity index is 2.61. The number of carbonyl (C=O) groups is 2. The van der Waals surface area contributed by atoms with E-state index in [4.69, 9.17) is 16.3 Å². The summed E-state index contributed by atoms with van der Waals surface area (Å²) >= 11 is 5.66. The van der Waals surface area contributed by atoms with Gasteiger partial charge >= 0.3 is 5.97 Å². The average Bonchev–Trinajstić information content (AvgIpc) is 2.39. The predicted octanol–water partition coefficient (Wildman–Crippen LogP) is 2.11. The summed E-state index contributed by atoms with van der Waals surface area (Å²) in [5, 5.41) is 2.57. The van der Waals surface area contributed by atoms with E-state index in [-0.39, 0.29) is 5.91 Å². The molecule has 0 aromatic heterocycles. The lowest BCUT2D eigenvalue weighted by Gasteiger charge is -2.12. The van der Waals surface area contributed by atoms with Crippen LogP contribution in [-0.2, 0) is 15.4 Å². The monoisotopic (exact) mass is 269 g/mol. The smallest absolute Gasteiger partial charge is 0.328 e. The number of amides is 1. The van der Waals surface area contributed by atoms with E-state index >= 15 is 0 Å². The summed E-state index contributed by atoms with van der Waals surface area (Å²) in [6.45, 7) is 3.60. The molecule has 1 rings (SSSR count). The van der Waals surface area contributed by atoms with Gasteiger partial charge in [-0.2, -0.15) is 0 Å². The fourth-order valence-corrected chi connectivity index (χ4v) is 1.53. The van der Waals surface area contributed by atoms with Gasteiger partial charge in [-0.1, -0.05) is 12.1 Å². The molecule has 4 nitrogen and oxygen atoms in total. The number of carbonyl (C=O) groups excluding carboxylic acids is 2. The van der Waals surface area contributed by atoms with Crippen molar-refractivity contribution in [3.8, 4) is 0 Å². The minimum absolute atomic E-state index is 0.295. The second-order valence-electron chi connectivity index (χ2n) is 3.78. The van der Waals surface area contributed by atoms with Crippen molar-refractivity contribution in [3.05, 3.63) is 35.4 Å². The van der Waals surface area contributed by atoms with Crippen molar-refractivity contribution in [2.75, 3.05) is 6.61 Å². The molecule has 98 valence electrons. The van der Waals surface area contributed by atoms with Crippen molar-refractivity contribution < 1.29 is 14.3 Å². The first-order valence-corrected chi connectivity index (χ1v) is 6.24. The SMILES string of the molecule is CCOC(=O)C(C)NC(=O)c1ccc(CCl)cc1. The molecule has 1 aromatic rings. The van der Waals surface area contributed by atoms with E-state index < -0.39 is 12.0 Å². The fraction of sp³-hybridized carbons (Fsp3) is 0.385. The average molecular weight is 270 g/mol. The Morgan fingerprint density at radius 1 is 1.33 bits per heavy atom. The highest BCUT2D eigenvalue weighted by Gasteiger charge is 2.17. The molecule has 0 bridgehead atoms. The van der Waals surface area contributed by atoms with Gasteiger partial charge in [0.25, 0.3) is 5.91 Å². The van der Waals surface area contributed by atoms with E-state index in [2.05, 4.69) is 5.32 Å². The molecule has 1 unspecified atom stereocenters. The summed E-state index contributed by atoms with van der Waals surface area (Å²) in [6, 6.07) is 6.23. The van der Waals surface area contributed by atoms with Crippen molar-refractivity contribution >= 4 is 23.5 Å². The number of alkyl halides is 1. The lowest BCUT2D eigenvalue weighted by molar-refractivity contribution is -0.144. The summed E-state index contributed by atoms with van der Waals surface area (Å²) in [6.07, 6.45) is 0. The van der Waals surface area contributed by atoms with Crippen molar-refractivity contribution in [2.24, 2.45) is 0 Å². The molecule has 0 aliphatic carbocycles. The molecule has 0 heterocycles. The van der Waals surface area contributed by atoms with Crippen molar-refractivity contribution in [3.63, 3.8) is 0 Å². The quantitative estimate of drug-likeness (QED) is 0.658. The van der Waals surface area contributed by atoms with Crippen LogP contribution in [0.5, 0.6) is 0 Å². The van der Waals surface area contributed by atoms with Gasteiger partial charge in [0, 0.05) is 11.4 Å². The van der Waals surface area contributed by atoms with Gasteiger partial charge in [0.15, 0.2) is 0 Å². The Morgan fingerprint density at radius 3 is 2.44 bits per heavy atom. The fourth-order valence-electron chi connectivity index (χ4n) is 1.35.